The highest BCUT2D eigenvalue weighted by molar-refractivity contribution is 8.20. The molecule has 2 rings (SSSR count). The Morgan fingerprint density at radius 3 is 3.15 bits per heavy atom. The molecule has 1 unspecified atom stereocenters. The third-order valence-corrected chi connectivity index (χ3v) is 3.99. The summed E-state index contributed by atoms with van der Waals surface area (Å²) in [6.07, 6.45) is 5.92. The highest BCUT2D eigenvalue weighted by Crippen LogP contribution is 2.43. The van der Waals surface area contributed by atoms with Crippen LogP contribution in [0.1, 0.15) is 6.92 Å². The zero-order valence-corrected chi connectivity index (χ0v) is 8.65. The first-order valence-electron chi connectivity index (χ1n) is 3.84. The molecule has 0 fully saturated rings. The maximum atomic E-state index is 10.7. The number of hydrogen-bond acceptors (Lipinski definition) is 4. The first-order valence-corrected chi connectivity index (χ1v) is 5.67. The van der Waals surface area contributed by atoms with E-state index in [4.69, 9.17) is 4.74 Å². The van der Waals surface area contributed by atoms with Crippen molar-refractivity contribution in [1.29, 1.82) is 0 Å². The van der Waals surface area contributed by atoms with Crippen molar-refractivity contribution in [2.45, 2.75) is 11.5 Å². The second-order valence-electron chi connectivity index (χ2n) is 2.63. The van der Waals surface area contributed by atoms with Gasteiger partial charge < -0.3 is 4.74 Å². The highest BCUT2D eigenvalue weighted by atomic mass is 32.2. The summed E-state index contributed by atoms with van der Waals surface area (Å²) in [7, 11) is 0. The molecule has 1 atom stereocenters. The molecule has 68 valence electrons. The van der Waals surface area contributed by atoms with Gasteiger partial charge in [0.05, 0.1) is 4.58 Å². The maximum Gasteiger partial charge on any atom is 0.308 e. The zero-order valence-electron chi connectivity index (χ0n) is 7.02. The molecule has 0 spiro atoms. The Hall–Kier alpha value is -0.610. The number of ether oxygens (including phenoxy) is 1. The predicted octanol–water partition coefficient (Wildman–Crippen LogP) is 2.65. The summed E-state index contributed by atoms with van der Waals surface area (Å²) in [5, 5.41) is 2.76. The Morgan fingerprint density at radius 1 is 1.54 bits per heavy atom. The van der Waals surface area contributed by atoms with Gasteiger partial charge in [-0.25, -0.2) is 0 Å². The number of fused-ring (bicyclic) bond motifs is 1. The largest absolute Gasteiger partial charge is 0.420 e. The van der Waals surface area contributed by atoms with Gasteiger partial charge in [0, 0.05) is 6.92 Å². The van der Waals surface area contributed by atoms with Gasteiger partial charge in [-0.3, -0.25) is 4.79 Å². The smallest absolute Gasteiger partial charge is 0.308 e. The summed E-state index contributed by atoms with van der Waals surface area (Å²) in [6.45, 7) is 1.42. The number of carbonyl (C=O) groups is 1. The van der Waals surface area contributed by atoms with Crippen LogP contribution in [0.3, 0.4) is 0 Å². The van der Waals surface area contributed by atoms with Crippen molar-refractivity contribution in [3.05, 3.63) is 34.3 Å². The maximum absolute atomic E-state index is 10.7. The summed E-state index contributed by atoms with van der Waals surface area (Å²) >= 11 is 3.32. The molecule has 0 saturated carbocycles. The molecule has 2 aliphatic rings. The van der Waals surface area contributed by atoms with Crippen LogP contribution in [0, 0.1) is 0 Å². The molecular weight excluding hydrogens is 204 g/mol. The van der Waals surface area contributed by atoms with Crippen molar-refractivity contribution in [3.8, 4) is 0 Å². The Kier molecular flexibility index (Phi) is 2.51. The minimum absolute atomic E-state index is 0.258. The van der Waals surface area contributed by atoms with E-state index >= 15 is 0 Å². The lowest BCUT2D eigenvalue weighted by atomic mass is 10.3. The Bertz CT molecular complexity index is 329. The third kappa shape index (κ3) is 2.00. The fourth-order valence-electron chi connectivity index (χ4n) is 1.09. The quantitative estimate of drug-likeness (QED) is 0.624. The van der Waals surface area contributed by atoms with Crippen molar-refractivity contribution in [2.75, 3.05) is 0 Å². The molecule has 0 radical (unpaired) electrons. The molecule has 0 aromatic carbocycles. The van der Waals surface area contributed by atoms with Crippen LogP contribution in [0.25, 0.3) is 0 Å². The fraction of sp³-hybridized carbons (Fsp3) is 0.222. The molecule has 0 N–H and O–H groups in total. The van der Waals surface area contributed by atoms with Crippen LogP contribution in [0.5, 0.6) is 0 Å². The molecule has 13 heavy (non-hydrogen) atoms. The van der Waals surface area contributed by atoms with Crippen molar-refractivity contribution in [1.82, 2.24) is 0 Å². The van der Waals surface area contributed by atoms with Gasteiger partial charge in [-0.2, -0.15) is 0 Å². The predicted molar refractivity (Wildman–Crippen MR) is 56.0 cm³/mol. The molecule has 2 aliphatic heterocycles. The summed E-state index contributed by atoms with van der Waals surface area (Å²) in [6, 6.07) is 0. The second-order valence-corrected chi connectivity index (χ2v) is 5.06. The van der Waals surface area contributed by atoms with E-state index in [0.29, 0.717) is 9.67 Å². The molecule has 0 amide bonds. The van der Waals surface area contributed by atoms with Gasteiger partial charge in [0.1, 0.15) is 0 Å². The lowest BCUT2D eigenvalue weighted by molar-refractivity contribution is -0.135. The second kappa shape index (κ2) is 3.64. The van der Waals surface area contributed by atoms with E-state index in [9.17, 15) is 4.79 Å². The van der Waals surface area contributed by atoms with Crippen LogP contribution >= 0.6 is 23.5 Å². The minimum Gasteiger partial charge on any atom is -0.420 e. The van der Waals surface area contributed by atoms with Crippen molar-refractivity contribution >= 4 is 29.5 Å². The van der Waals surface area contributed by atoms with Gasteiger partial charge in [0.15, 0.2) is 5.09 Å². The Labute approximate surface area is 85.1 Å². The molecule has 0 aliphatic carbocycles. The van der Waals surface area contributed by atoms with E-state index in [1.165, 1.54) is 12.5 Å². The fourth-order valence-corrected chi connectivity index (χ4v) is 3.29. The lowest BCUT2D eigenvalue weighted by Crippen LogP contribution is -2.04. The summed E-state index contributed by atoms with van der Waals surface area (Å²) < 4.78 is 5.37. The Balaban J connectivity index is 2.10. The van der Waals surface area contributed by atoms with Crippen LogP contribution in [-0.4, -0.2) is 10.6 Å². The number of hydrogen-bond donors (Lipinski definition) is 0. The van der Waals surface area contributed by atoms with E-state index in [2.05, 4.69) is 11.5 Å². The van der Waals surface area contributed by atoms with Crippen molar-refractivity contribution in [2.24, 2.45) is 0 Å². The molecule has 0 saturated heterocycles. The molecule has 2 nitrogen and oxygen atoms in total. The van der Waals surface area contributed by atoms with E-state index in [-0.39, 0.29) is 5.97 Å². The SMILES string of the molecule is CC(=O)OC1=CC=C2C=CSC2S1. The molecule has 4 heteroatoms. The zero-order chi connectivity index (χ0) is 9.26. The van der Waals surface area contributed by atoms with Crippen LogP contribution in [0.2, 0.25) is 0 Å². The topological polar surface area (TPSA) is 26.3 Å². The van der Waals surface area contributed by atoms with E-state index in [1.807, 2.05) is 12.2 Å². The van der Waals surface area contributed by atoms with Crippen LogP contribution < -0.4 is 0 Å². The number of carbonyl (C=O) groups excluding carboxylic acids is 1. The lowest BCUT2D eigenvalue weighted by Gasteiger charge is -2.16. The van der Waals surface area contributed by atoms with Gasteiger partial charge in [0.2, 0.25) is 0 Å². The van der Waals surface area contributed by atoms with E-state index in [0.717, 1.165) is 0 Å². The average molecular weight is 212 g/mol. The first kappa shape index (κ1) is 8.97. The number of rotatable bonds is 1. The van der Waals surface area contributed by atoms with Gasteiger partial charge in [-0.15, -0.1) is 11.8 Å². The number of esters is 1. The van der Waals surface area contributed by atoms with Crippen molar-refractivity contribution in [3.63, 3.8) is 0 Å². The standard InChI is InChI=1S/C9H8O2S2/c1-6(10)11-8-3-2-7-4-5-12-9(7)13-8/h2-5,9H,1H3. The van der Waals surface area contributed by atoms with E-state index in [1.54, 1.807) is 23.5 Å². The number of allylic oxidation sites excluding steroid dienone is 3. The highest BCUT2D eigenvalue weighted by Gasteiger charge is 2.23. The molecule has 0 aromatic heterocycles. The molecule has 0 bridgehead atoms. The van der Waals surface area contributed by atoms with Gasteiger partial charge in [-0.05, 0) is 17.1 Å². The van der Waals surface area contributed by atoms with Crippen LogP contribution in [0.4, 0.5) is 0 Å². The molecule has 2 heterocycles. The monoisotopic (exact) mass is 212 g/mol. The van der Waals surface area contributed by atoms with E-state index < -0.39 is 0 Å². The van der Waals surface area contributed by atoms with Gasteiger partial charge >= 0.3 is 5.97 Å². The molecule has 0 aromatic rings. The van der Waals surface area contributed by atoms with Crippen molar-refractivity contribution < 1.29 is 9.53 Å². The summed E-state index contributed by atoms with van der Waals surface area (Å²) in [5.74, 6) is -0.258. The van der Waals surface area contributed by atoms with Crippen LogP contribution in [0.15, 0.2) is 34.3 Å². The van der Waals surface area contributed by atoms with Gasteiger partial charge in [0.25, 0.3) is 0 Å². The summed E-state index contributed by atoms with van der Waals surface area (Å²) in [5.41, 5.74) is 1.28. The normalized spacial score (nSPS) is 24.8. The average Bonchev–Trinajstić information content (AvgIpc) is 2.49. The third-order valence-electron chi connectivity index (χ3n) is 1.61. The van der Waals surface area contributed by atoms with Gasteiger partial charge in [-0.1, -0.05) is 23.9 Å². The summed E-state index contributed by atoms with van der Waals surface area (Å²) in [4.78, 5) is 10.7. The molecular formula is C9H8O2S2. The number of thioether (sulfide) groups is 2. The first-order chi connectivity index (χ1) is 6.25. The Morgan fingerprint density at radius 2 is 2.38 bits per heavy atom. The van der Waals surface area contributed by atoms with Crippen LogP contribution in [-0.2, 0) is 9.53 Å². The minimum atomic E-state index is -0.258.